The van der Waals surface area contributed by atoms with Crippen LogP contribution in [0.4, 0.5) is 0 Å². The van der Waals surface area contributed by atoms with E-state index in [1.54, 1.807) is 6.20 Å². The van der Waals surface area contributed by atoms with Gasteiger partial charge in [0, 0.05) is 29.7 Å². The SMILES string of the molecule is C[C@H]1CCc2[nH]nc(C(=O)NCCCc3ccccn3)c2C1. The second kappa shape index (κ2) is 6.73. The molecule has 1 amide bonds. The normalized spacial score (nSPS) is 17.0. The molecule has 0 bridgehead atoms. The lowest BCUT2D eigenvalue weighted by Crippen LogP contribution is -2.27. The zero-order valence-corrected chi connectivity index (χ0v) is 12.9. The van der Waals surface area contributed by atoms with E-state index in [0.717, 1.165) is 42.6 Å². The maximum Gasteiger partial charge on any atom is 0.272 e. The van der Waals surface area contributed by atoms with Gasteiger partial charge in [0.25, 0.3) is 5.91 Å². The van der Waals surface area contributed by atoms with Crippen molar-refractivity contribution in [1.82, 2.24) is 20.5 Å². The number of aromatic amines is 1. The first-order chi connectivity index (χ1) is 10.7. The van der Waals surface area contributed by atoms with Gasteiger partial charge in [0.1, 0.15) is 0 Å². The molecular weight excluding hydrogens is 276 g/mol. The zero-order valence-electron chi connectivity index (χ0n) is 12.9. The summed E-state index contributed by atoms with van der Waals surface area (Å²) in [6.45, 7) is 2.87. The summed E-state index contributed by atoms with van der Waals surface area (Å²) in [5.41, 5.74) is 3.89. The van der Waals surface area contributed by atoms with Crippen LogP contribution in [0.25, 0.3) is 0 Å². The Bertz CT molecular complexity index is 635. The number of nitrogens with zero attached hydrogens (tertiary/aromatic N) is 2. The second-order valence-corrected chi connectivity index (χ2v) is 6.06. The Morgan fingerprint density at radius 3 is 3.18 bits per heavy atom. The molecule has 0 spiro atoms. The number of pyridine rings is 1. The molecule has 5 nitrogen and oxygen atoms in total. The third-order valence-corrected chi connectivity index (χ3v) is 4.23. The predicted molar refractivity (Wildman–Crippen MR) is 84.7 cm³/mol. The van der Waals surface area contributed by atoms with Crippen LogP contribution in [0.5, 0.6) is 0 Å². The van der Waals surface area contributed by atoms with Crippen LogP contribution >= 0.6 is 0 Å². The molecule has 0 fully saturated rings. The van der Waals surface area contributed by atoms with Gasteiger partial charge in [-0.15, -0.1) is 0 Å². The minimum Gasteiger partial charge on any atom is -0.351 e. The van der Waals surface area contributed by atoms with E-state index in [-0.39, 0.29) is 5.91 Å². The summed E-state index contributed by atoms with van der Waals surface area (Å²) in [6, 6.07) is 5.90. The van der Waals surface area contributed by atoms with Gasteiger partial charge in [0.2, 0.25) is 0 Å². The third kappa shape index (κ3) is 3.35. The van der Waals surface area contributed by atoms with Crippen LogP contribution in [0.2, 0.25) is 0 Å². The van der Waals surface area contributed by atoms with Gasteiger partial charge in [-0.3, -0.25) is 14.9 Å². The molecule has 0 unspecified atom stereocenters. The molecule has 0 saturated heterocycles. The highest BCUT2D eigenvalue weighted by Gasteiger charge is 2.24. The molecule has 1 aliphatic carbocycles. The smallest absolute Gasteiger partial charge is 0.272 e. The van der Waals surface area contributed by atoms with Gasteiger partial charge in [-0.25, -0.2) is 0 Å². The Hall–Kier alpha value is -2.17. The molecule has 2 heterocycles. The van der Waals surface area contributed by atoms with E-state index in [1.807, 2.05) is 18.2 Å². The number of aromatic nitrogens is 3. The number of hydrogen-bond acceptors (Lipinski definition) is 3. The van der Waals surface area contributed by atoms with Crippen molar-refractivity contribution in [3.8, 4) is 0 Å². The van der Waals surface area contributed by atoms with E-state index in [9.17, 15) is 4.79 Å². The summed E-state index contributed by atoms with van der Waals surface area (Å²) in [7, 11) is 0. The number of nitrogens with one attached hydrogen (secondary N) is 2. The summed E-state index contributed by atoms with van der Waals surface area (Å²) in [4.78, 5) is 16.6. The second-order valence-electron chi connectivity index (χ2n) is 6.06. The molecule has 2 N–H and O–H groups in total. The van der Waals surface area contributed by atoms with Gasteiger partial charge in [0.05, 0.1) is 0 Å². The van der Waals surface area contributed by atoms with E-state index in [2.05, 4.69) is 27.4 Å². The van der Waals surface area contributed by atoms with Gasteiger partial charge < -0.3 is 5.32 Å². The number of H-pyrrole nitrogens is 1. The van der Waals surface area contributed by atoms with Crippen molar-refractivity contribution in [2.24, 2.45) is 5.92 Å². The number of fused-ring (bicyclic) bond motifs is 1. The molecule has 0 saturated carbocycles. The fourth-order valence-corrected chi connectivity index (χ4v) is 2.96. The lowest BCUT2D eigenvalue weighted by atomic mass is 9.87. The fourth-order valence-electron chi connectivity index (χ4n) is 2.96. The van der Waals surface area contributed by atoms with Crippen LogP contribution < -0.4 is 5.32 Å². The topological polar surface area (TPSA) is 70.7 Å². The lowest BCUT2D eigenvalue weighted by Gasteiger charge is -2.17. The van der Waals surface area contributed by atoms with Crippen LogP contribution in [-0.4, -0.2) is 27.6 Å². The summed E-state index contributed by atoms with van der Waals surface area (Å²) in [5.74, 6) is 0.563. The Labute approximate surface area is 130 Å². The zero-order chi connectivity index (χ0) is 15.4. The number of amides is 1. The molecule has 116 valence electrons. The van der Waals surface area contributed by atoms with E-state index >= 15 is 0 Å². The first-order valence-electron chi connectivity index (χ1n) is 7.98. The Morgan fingerprint density at radius 1 is 1.45 bits per heavy atom. The average molecular weight is 298 g/mol. The van der Waals surface area contributed by atoms with Crippen LogP contribution in [0.15, 0.2) is 24.4 Å². The molecule has 22 heavy (non-hydrogen) atoms. The van der Waals surface area contributed by atoms with Crippen LogP contribution in [0.3, 0.4) is 0 Å². The molecule has 3 rings (SSSR count). The Kier molecular flexibility index (Phi) is 4.51. The average Bonchev–Trinajstić information content (AvgIpc) is 2.95. The van der Waals surface area contributed by atoms with Crippen molar-refractivity contribution in [3.63, 3.8) is 0 Å². The van der Waals surface area contributed by atoms with E-state index < -0.39 is 0 Å². The summed E-state index contributed by atoms with van der Waals surface area (Å²) >= 11 is 0. The predicted octanol–water partition coefficient (Wildman–Crippen LogP) is 2.29. The first-order valence-corrected chi connectivity index (χ1v) is 7.98. The minimum atomic E-state index is -0.0624. The largest absolute Gasteiger partial charge is 0.351 e. The van der Waals surface area contributed by atoms with Gasteiger partial charge >= 0.3 is 0 Å². The third-order valence-electron chi connectivity index (χ3n) is 4.23. The number of carbonyl (C=O) groups excluding carboxylic acids is 1. The molecule has 0 aromatic carbocycles. The quantitative estimate of drug-likeness (QED) is 0.832. The molecular formula is C17H22N4O. The van der Waals surface area contributed by atoms with Crippen LogP contribution in [0.1, 0.15) is 47.2 Å². The van der Waals surface area contributed by atoms with Gasteiger partial charge in [-0.2, -0.15) is 5.10 Å². The summed E-state index contributed by atoms with van der Waals surface area (Å²) < 4.78 is 0. The minimum absolute atomic E-state index is 0.0624. The lowest BCUT2D eigenvalue weighted by molar-refractivity contribution is 0.0947. The highest BCUT2D eigenvalue weighted by atomic mass is 16.1. The molecule has 1 atom stereocenters. The maximum atomic E-state index is 12.3. The van der Waals surface area contributed by atoms with E-state index in [1.165, 1.54) is 6.42 Å². The van der Waals surface area contributed by atoms with Crippen LogP contribution in [-0.2, 0) is 19.3 Å². The van der Waals surface area contributed by atoms with E-state index in [4.69, 9.17) is 0 Å². The fraction of sp³-hybridized carbons (Fsp3) is 0.471. The molecule has 2 aromatic rings. The van der Waals surface area contributed by atoms with E-state index in [0.29, 0.717) is 18.2 Å². The van der Waals surface area contributed by atoms with Crippen LogP contribution in [0, 0.1) is 5.92 Å². The van der Waals surface area contributed by atoms with Crippen molar-refractivity contribution >= 4 is 5.91 Å². The Morgan fingerprint density at radius 2 is 2.36 bits per heavy atom. The van der Waals surface area contributed by atoms with Crippen molar-refractivity contribution in [2.45, 2.75) is 39.0 Å². The molecule has 1 aliphatic rings. The standard InChI is InChI=1S/C17H22N4O/c1-12-7-8-15-14(11-12)16(21-20-15)17(22)19-10-4-6-13-5-2-3-9-18-13/h2-3,5,9,12H,4,6-8,10-11H2,1H3,(H,19,22)(H,20,21)/t12-/m0/s1. The molecule has 0 aliphatic heterocycles. The monoisotopic (exact) mass is 298 g/mol. The first kappa shape index (κ1) is 14.8. The van der Waals surface area contributed by atoms with Crippen molar-refractivity contribution in [3.05, 3.63) is 47.0 Å². The molecule has 5 heteroatoms. The highest BCUT2D eigenvalue weighted by Crippen LogP contribution is 2.25. The van der Waals surface area contributed by atoms with Crippen molar-refractivity contribution in [2.75, 3.05) is 6.54 Å². The van der Waals surface area contributed by atoms with Gasteiger partial charge in [0.15, 0.2) is 5.69 Å². The number of carbonyl (C=O) groups is 1. The number of hydrogen-bond donors (Lipinski definition) is 2. The molecule has 2 aromatic heterocycles. The summed E-state index contributed by atoms with van der Waals surface area (Å²) in [6.07, 6.45) is 6.66. The number of aryl methyl sites for hydroxylation is 2. The Balaban J connectivity index is 1.51. The summed E-state index contributed by atoms with van der Waals surface area (Å²) in [5, 5.41) is 10.2. The molecule has 0 radical (unpaired) electrons. The number of rotatable bonds is 5. The maximum absolute atomic E-state index is 12.3. The van der Waals surface area contributed by atoms with Crippen molar-refractivity contribution < 1.29 is 4.79 Å². The highest BCUT2D eigenvalue weighted by molar-refractivity contribution is 5.94. The van der Waals surface area contributed by atoms with Gasteiger partial charge in [-0.05, 0) is 50.2 Å². The van der Waals surface area contributed by atoms with Gasteiger partial charge in [-0.1, -0.05) is 13.0 Å². The van der Waals surface area contributed by atoms with Crippen molar-refractivity contribution in [1.29, 1.82) is 0 Å².